The van der Waals surface area contributed by atoms with E-state index in [4.69, 9.17) is 0 Å². The van der Waals surface area contributed by atoms with Crippen LogP contribution in [0.5, 0.6) is 0 Å². The summed E-state index contributed by atoms with van der Waals surface area (Å²) < 4.78 is 0. The Bertz CT molecular complexity index is 4330. The Morgan fingerprint density at radius 3 is 0.890 bits per heavy atom. The fourth-order valence-electron chi connectivity index (χ4n) is 14.4. The summed E-state index contributed by atoms with van der Waals surface area (Å²) in [6, 6.07) is 50.4. The first-order chi connectivity index (χ1) is 38.1. The van der Waals surface area contributed by atoms with Gasteiger partial charge in [-0.05, 0) is 268 Å². The van der Waals surface area contributed by atoms with Crippen molar-refractivity contribution < 1.29 is 0 Å². The van der Waals surface area contributed by atoms with Gasteiger partial charge < -0.3 is 0 Å². The molecule has 0 nitrogen and oxygen atoms in total. The van der Waals surface area contributed by atoms with Crippen LogP contribution in [0.3, 0.4) is 0 Å². The Morgan fingerprint density at radius 1 is 0.244 bits per heavy atom. The molecule has 0 saturated heterocycles. The van der Waals surface area contributed by atoms with Crippen LogP contribution in [-0.2, 0) is 32.5 Å². The van der Waals surface area contributed by atoms with E-state index < -0.39 is 0 Å². The molecule has 0 fully saturated rings. The predicted molar refractivity (Wildman–Crippen MR) is 365 cm³/mol. The summed E-state index contributed by atoms with van der Waals surface area (Å²) >= 11 is 0. The number of hydrogen-bond acceptors (Lipinski definition) is 0. The standard InChI is InChI=1S/C82H88/c1-43(2)56-39-66-73-67(40-57(44(3)4)72-61-34-46-26-24-23-25-45(46)33-60(61)71(56)76(72)73)75-70(49-31-52(79(11,12)13)36-53(32-49)80(14,15)16)65-42-59-58(62-37-54(81(17,18)19)27-47-28-55(82(20,21)22)38-63(59)68(47)62)41-64(65)69(74(66)75)48-29-50(77(5,6)7)35-51(30-48)78(8,9)10/h23-44H,1-22H3. The quantitative estimate of drug-likeness (QED) is 0.165. The highest BCUT2D eigenvalue weighted by molar-refractivity contribution is 6.44. The van der Waals surface area contributed by atoms with E-state index in [1.54, 1.807) is 0 Å². The van der Waals surface area contributed by atoms with Crippen LogP contribution < -0.4 is 0 Å². The first kappa shape index (κ1) is 54.5. The lowest BCUT2D eigenvalue weighted by molar-refractivity contribution is 0.568. The van der Waals surface area contributed by atoms with Crippen LogP contribution >= 0.6 is 0 Å². The largest absolute Gasteiger partial charge is 0.0616 e. The molecule has 0 amide bonds. The summed E-state index contributed by atoms with van der Waals surface area (Å²) in [6.07, 6.45) is 0. The molecule has 0 bridgehead atoms. The summed E-state index contributed by atoms with van der Waals surface area (Å²) in [5.41, 5.74) is 21.7. The molecule has 416 valence electrons. The smallest absolute Gasteiger partial charge is 0.000729 e. The number of rotatable bonds is 4. The Morgan fingerprint density at radius 2 is 0.573 bits per heavy atom. The molecule has 1 aliphatic rings. The summed E-state index contributed by atoms with van der Waals surface area (Å²) in [7, 11) is 0. The minimum absolute atomic E-state index is 0.0395. The van der Waals surface area contributed by atoms with Crippen molar-refractivity contribution in [3.63, 3.8) is 0 Å². The van der Waals surface area contributed by atoms with Crippen molar-refractivity contribution in [1.82, 2.24) is 0 Å². The third-order valence-electron chi connectivity index (χ3n) is 19.4. The molecule has 0 radical (unpaired) electrons. The normalized spacial score (nSPS) is 14.0. The van der Waals surface area contributed by atoms with Gasteiger partial charge in [0.2, 0.25) is 0 Å². The molecule has 0 heteroatoms. The summed E-state index contributed by atoms with van der Waals surface area (Å²) in [6.45, 7) is 52.9. The zero-order valence-electron chi connectivity index (χ0n) is 53.7. The molecule has 82 heavy (non-hydrogen) atoms. The molecule has 0 heterocycles. The highest BCUT2D eigenvalue weighted by atomic mass is 14.4. The van der Waals surface area contributed by atoms with Crippen molar-refractivity contribution in [2.24, 2.45) is 0 Å². The Balaban J connectivity index is 1.38. The fourth-order valence-corrected chi connectivity index (χ4v) is 14.4. The van der Waals surface area contributed by atoms with E-state index in [9.17, 15) is 0 Å². The van der Waals surface area contributed by atoms with E-state index in [0.717, 1.165) is 0 Å². The van der Waals surface area contributed by atoms with Gasteiger partial charge in [0.25, 0.3) is 0 Å². The lowest BCUT2D eigenvalue weighted by Crippen LogP contribution is -2.16. The van der Waals surface area contributed by atoms with E-state index in [0.29, 0.717) is 0 Å². The second-order valence-electron chi connectivity index (χ2n) is 32.3. The maximum absolute atomic E-state index is 2.70. The lowest BCUT2D eigenvalue weighted by Gasteiger charge is -2.28. The van der Waals surface area contributed by atoms with Crippen LogP contribution in [0.15, 0.2) is 121 Å². The van der Waals surface area contributed by atoms with Gasteiger partial charge in [-0.2, -0.15) is 0 Å². The summed E-state index contributed by atoms with van der Waals surface area (Å²) in [4.78, 5) is 0. The molecule has 0 aromatic heterocycles. The van der Waals surface area contributed by atoms with E-state index in [2.05, 4.69) is 274 Å². The van der Waals surface area contributed by atoms with Crippen molar-refractivity contribution in [3.8, 4) is 44.5 Å². The molecule has 12 aromatic rings. The van der Waals surface area contributed by atoms with Gasteiger partial charge in [-0.1, -0.05) is 225 Å². The molecule has 0 atom stereocenters. The second kappa shape index (κ2) is 17.4. The topological polar surface area (TPSA) is 0 Å². The van der Waals surface area contributed by atoms with Crippen molar-refractivity contribution in [1.29, 1.82) is 0 Å². The summed E-state index contributed by atoms with van der Waals surface area (Å²) in [5, 5.41) is 21.9. The van der Waals surface area contributed by atoms with Crippen molar-refractivity contribution in [2.75, 3.05) is 0 Å². The predicted octanol–water partition coefficient (Wildman–Crippen LogP) is 24.8. The molecule has 13 rings (SSSR count). The van der Waals surface area contributed by atoms with Crippen LogP contribution in [0.4, 0.5) is 0 Å². The van der Waals surface area contributed by atoms with Gasteiger partial charge >= 0.3 is 0 Å². The van der Waals surface area contributed by atoms with Gasteiger partial charge in [0.05, 0.1) is 0 Å². The molecule has 1 aliphatic carbocycles. The molecule has 0 N–H and O–H groups in total. The zero-order chi connectivity index (χ0) is 58.8. The zero-order valence-corrected chi connectivity index (χ0v) is 53.7. The Kier molecular flexibility index (Phi) is 11.6. The van der Waals surface area contributed by atoms with Crippen LogP contribution in [0.2, 0.25) is 0 Å². The van der Waals surface area contributed by atoms with Crippen LogP contribution in [0, 0.1) is 0 Å². The number of fused-ring (bicyclic) bond motifs is 11. The fraction of sp³-hybridized carbons (Fsp3) is 0.366. The highest BCUT2D eigenvalue weighted by Crippen LogP contribution is 2.61. The van der Waals surface area contributed by atoms with Crippen LogP contribution in [0.25, 0.3) is 131 Å². The van der Waals surface area contributed by atoms with Gasteiger partial charge in [0.1, 0.15) is 0 Å². The molecule has 0 aliphatic heterocycles. The minimum Gasteiger partial charge on any atom is -0.0616 e. The summed E-state index contributed by atoms with van der Waals surface area (Å²) in [5.74, 6) is 0.567. The number of benzene rings is 10. The molecule has 0 saturated carbocycles. The van der Waals surface area contributed by atoms with Crippen molar-refractivity contribution >= 4 is 86.2 Å². The van der Waals surface area contributed by atoms with Gasteiger partial charge in [-0.3, -0.25) is 0 Å². The third-order valence-corrected chi connectivity index (χ3v) is 19.4. The van der Waals surface area contributed by atoms with Crippen molar-refractivity contribution in [2.45, 2.75) is 197 Å². The Hall–Kier alpha value is -6.76. The molecular formula is C82H88. The van der Waals surface area contributed by atoms with Gasteiger partial charge in [-0.25, -0.2) is 0 Å². The SMILES string of the molecule is CC(C)c1cc2c3c(-c4cc(C(C)(C)C)cc(C(C)(C)C)c4)c4cc5c(cc4c(-c4cc(C(C)(C)C)cc(C(C)(C)C)c4)c3c3cc(C(C)C)c4c(c1-c1cc6ccccc6cc1-4)c23)c1cc(C(C)(C)C)cc2cc(C(C)(C)C)cc5c21. The first-order valence-electron chi connectivity index (χ1n) is 31.0. The maximum atomic E-state index is 2.70. The van der Waals surface area contributed by atoms with Gasteiger partial charge in [0, 0.05) is 0 Å². The highest BCUT2D eigenvalue weighted by Gasteiger charge is 2.36. The van der Waals surface area contributed by atoms with Crippen molar-refractivity contribution in [3.05, 3.63) is 166 Å². The Labute approximate surface area is 490 Å². The molecular weight excluding hydrogens is 985 g/mol. The lowest BCUT2D eigenvalue weighted by atomic mass is 9.76. The van der Waals surface area contributed by atoms with E-state index in [1.807, 2.05) is 0 Å². The van der Waals surface area contributed by atoms with Gasteiger partial charge in [-0.15, -0.1) is 0 Å². The first-order valence-corrected chi connectivity index (χ1v) is 31.0. The average molecular weight is 1070 g/mol. The van der Waals surface area contributed by atoms with E-state index in [1.165, 1.54) is 175 Å². The average Bonchev–Trinajstić information content (AvgIpc) is 4.14. The maximum Gasteiger partial charge on any atom is -0.000729 e. The molecule has 12 aromatic carbocycles. The third kappa shape index (κ3) is 8.17. The second-order valence-corrected chi connectivity index (χ2v) is 32.3. The minimum atomic E-state index is -0.0871. The van der Waals surface area contributed by atoms with E-state index >= 15 is 0 Å². The van der Waals surface area contributed by atoms with E-state index in [-0.39, 0.29) is 44.3 Å². The van der Waals surface area contributed by atoms with Gasteiger partial charge in [0.15, 0.2) is 0 Å². The monoisotopic (exact) mass is 1070 g/mol. The van der Waals surface area contributed by atoms with Crippen LogP contribution in [0.1, 0.15) is 209 Å². The van der Waals surface area contributed by atoms with Crippen LogP contribution in [-0.4, -0.2) is 0 Å². The molecule has 0 spiro atoms. The molecule has 0 unspecified atom stereocenters. The number of hydrogen-bond donors (Lipinski definition) is 0.